The first-order valence-corrected chi connectivity index (χ1v) is 9.10. The van der Waals surface area contributed by atoms with Crippen LogP contribution in [0.4, 0.5) is 24.7 Å². The molecule has 154 valence electrons. The topological polar surface area (TPSA) is 96.7 Å². The molecule has 0 aliphatic rings. The van der Waals surface area contributed by atoms with E-state index in [1.807, 2.05) is 0 Å². The predicted molar refractivity (Wildman–Crippen MR) is 106 cm³/mol. The fraction of sp³-hybridized carbons (Fsp3) is 0.0500. The second-order valence-corrected chi connectivity index (χ2v) is 6.55. The first-order valence-electron chi connectivity index (χ1n) is 9.10. The number of nitrogens with one attached hydrogen (secondary N) is 2. The second kappa shape index (κ2) is 7.20. The maximum atomic E-state index is 13.1. The Labute approximate surface area is 172 Å². The lowest BCUT2D eigenvalue weighted by Crippen LogP contribution is -2.09. The van der Waals surface area contributed by atoms with Gasteiger partial charge in [0.2, 0.25) is 5.82 Å². The maximum Gasteiger partial charge on any atom is 0.433 e. The summed E-state index contributed by atoms with van der Waals surface area (Å²) >= 11 is 0. The van der Waals surface area contributed by atoms with Crippen LogP contribution < -0.4 is 5.32 Å². The number of anilines is 2. The van der Waals surface area contributed by atoms with E-state index in [1.165, 1.54) is 16.6 Å². The molecule has 0 aromatic carbocycles. The third kappa shape index (κ3) is 3.68. The van der Waals surface area contributed by atoms with Crippen molar-refractivity contribution >= 4 is 17.0 Å². The number of alkyl halides is 3. The number of fused-ring (bicyclic) bond motifs is 1. The number of rotatable bonds is 4. The van der Waals surface area contributed by atoms with E-state index in [0.717, 1.165) is 11.8 Å². The van der Waals surface area contributed by atoms with Gasteiger partial charge in [-0.15, -0.1) is 5.10 Å². The normalized spacial score (nSPS) is 11.7. The molecule has 0 aliphatic carbocycles. The number of aromatic nitrogens is 7. The molecule has 0 unspecified atom stereocenters. The molecule has 31 heavy (non-hydrogen) atoms. The number of hydrogen-bond acceptors (Lipinski definition) is 6. The Balaban J connectivity index is 1.56. The summed E-state index contributed by atoms with van der Waals surface area (Å²) in [7, 11) is 0. The minimum atomic E-state index is -4.56. The first kappa shape index (κ1) is 18.7. The minimum absolute atomic E-state index is 0.0151. The fourth-order valence-corrected chi connectivity index (χ4v) is 3.04. The number of pyridine rings is 2. The quantitative estimate of drug-likeness (QED) is 0.447. The second-order valence-electron chi connectivity index (χ2n) is 6.55. The average Bonchev–Trinajstić information content (AvgIpc) is 3.46. The number of nitrogens with zero attached hydrogens (tertiary/aromatic N) is 6. The lowest BCUT2D eigenvalue weighted by atomic mass is 10.2. The van der Waals surface area contributed by atoms with Gasteiger partial charge in [0, 0.05) is 24.3 Å². The molecule has 2 N–H and O–H groups in total. The van der Waals surface area contributed by atoms with Gasteiger partial charge in [0.1, 0.15) is 16.9 Å². The molecule has 5 aromatic rings. The van der Waals surface area contributed by atoms with Gasteiger partial charge in [0.25, 0.3) is 0 Å². The molecule has 0 aliphatic heterocycles. The Hall–Kier alpha value is -4.28. The Bertz CT molecular complexity index is 1360. The molecule has 5 aromatic heterocycles. The van der Waals surface area contributed by atoms with E-state index in [-0.39, 0.29) is 11.5 Å². The van der Waals surface area contributed by atoms with Crippen LogP contribution in [0.5, 0.6) is 0 Å². The molecular weight excluding hydrogens is 409 g/mol. The van der Waals surface area contributed by atoms with E-state index in [4.69, 9.17) is 0 Å². The molecule has 0 spiro atoms. The summed E-state index contributed by atoms with van der Waals surface area (Å²) in [4.78, 5) is 12.4. The lowest BCUT2D eigenvalue weighted by Gasteiger charge is -2.11. The first-order chi connectivity index (χ1) is 15.0. The van der Waals surface area contributed by atoms with E-state index in [1.54, 1.807) is 48.9 Å². The van der Waals surface area contributed by atoms with Gasteiger partial charge in [0.05, 0.1) is 11.4 Å². The molecule has 0 amide bonds. The number of hydrogen-bond donors (Lipinski definition) is 2. The number of aromatic amines is 1. The summed E-state index contributed by atoms with van der Waals surface area (Å²) in [6, 6.07) is 12.5. The zero-order valence-electron chi connectivity index (χ0n) is 15.7. The summed E-state index contributed by atoms with van der Waals surface area (Å²) < 4.78 is 40.8. The van der Waals surface area contributed by atoms with Gasteiger partial charge in [-0.2, -0.15) is 18.3 Å². The fourth-order valence-electron chi connectivity index (χ4n) is 3.04. The largest absolute Gasteiger partial charge is 0.433 e. The molecule has 5 heterocycles. The summed E-state index contributed by atoms with van der Waals surface area (Å²) in [5.74, 6) is 0.469. The van der Waals surface area contributed by atoms with Crippen LogP contribution in [0.15, 0.2) is 67.1 Å². The van der Waals surface area contributed by atoms with Crippen LogP contribution in [0.1, 0.15) is 5.69 Å². The van der Waals surface area contributed by atoms with Crippen molar-refractivity contribution in [3.8, 4) is 22.9 Å². The summed E-state index contributed by atoms with van der Waals surface area (Å²) in [5, 5.41) is 14.3. The molecule has 0 fully saturated rings. The van der Waals surface area contributed by atoms with Gasteiger partial charge in [-0.1, -0.05) is 6.07 Å². The van der Waals surface area contributed by atoms with E-state index in [2.05, 4.69) is 35.6 Å². The van der Waals surface area contributed by atoms with E-state index >= 15 is 0 Å². The summed E-state index contributed by atoms with van der Waals surface area (Å²) in [5.41, 5.74) is 1.76. The lowest BCUT2D eigenvalue weighted by molar-refractivity contribution is -0.141. The maximum absolute atomic E-state index is 13.1. The average molecular weight is 422 g/mol. The monoisotopic (exact) mass is 422 g/mol. The van der Waals surface area contributed by atoms with Crippen molar-refractivity contribution in [3.63, 3.8) is 0 Å². The van der Waals surface area contributed by atoms with Gasteiger partial charge in [0.15, 0.2) is 5.82 Å². The van der Waals surface area contributed by atoms with Crippen molar-refractivity contribution < 1.29 is 13.2 Å². The third-order valence-electron chi connectivity index (χ3n) is 4.46. The zero-order chi connectivity index (χ0) is 21.4. The highest BCUT2D eigenvalue weighted by Crippen LogP contribution is 2.30. The van der Waals surface area contributed by atoms with Crippen LogP contribution in [0, 0.1) is 0 Å². The van der Waals surface area contributed by atoms with Crippen molar-refractivity contribution in [2.24, 2.45) is 0 Å². The molecule has 0 saturated heterocycles. The van der Waals surface area contributed by atoms with E-state index in [9.17, 15) is 13.2 Å². The van der Waals surface area contributed by atoms with E-state index < -0.39 is 11.9 Å². The van der Waals surface area contributed by atoms with Crippen molar-refractivity contribution in [1.82, 2.24) is 34.8 Å². The van der Waals surface area contributed by atoms with Gasteiger partial charge < -0.3 is 5.32 Å². The smallest absolute Gasteiger partial charge is 0.338 e. The molecular formula is C20H13F3N8. The predicted octanol–water partition coefficient (Wildman–Crippen LogP) is 4.34. The standard InChI is InChI=1S/C20H13F3N8/c21-20(22,23)17-5-1-3-14(27-17)18-28-19(16-4-2-10-31(16)30-18)26-12-6-8-24-15(11-12)13-7-9-25-29-13/h1-11H,(H,25,29)(H,24,26,28,30). The van der Waals surface area contributed by atoms with Gasteiger partial charge in [-0.05, 0) is 42.5 Å². The number of halogens is 3. The highest BCUT2D eigenvalue weighted by molar-refractivity contribution is 5.76. The van der Waals surface area contributed by atoms with Crippen molar-refractivity contribution in [2.45, 2.75) is 6.18 Å². The summed E-state index contributed by atoms with van der Waals surface area (Å²) in [6.45, 7) is 0. The Kier molecular flexibility index (Phi) is 4.35. The van der Waals surface area contributed by atoms with Gasteiger partial charge >= 0.3 is 6.18 Å². The number of H-pyrrole nitrogens is 1. The van der Waals surface area contributed by atoms with Gasteiger partial charge in [-0.25, -0.2) is 14.5 Å². The minimum Gasteiger partial charge on any atom is -0.338 e. The SMILES string of the molecule is FC(F)(F)c1cccc(-c2nc(Nc3ccnc(-c4ccn[nH]4)c3)c3cccn3n2)n1. The highest BCUT2D eigenvalue weighted by atomic mass is 19.4. The van der Waals surface area contributed by atoms with Crippen LogP contribution in [-0.2, 0) is 6.18 Å². The molecule has 5 rings (SSSR count). The van der Waals surface area contributed by atoms with Crippen molar-refractivity contribution in [1.29, 1.82) is 0 Å². The molecule has 11 heteroatoms. The molecule has 0 bridgehead atoms. The van der Waals surface area contributed by atoms with Crippen molar-refractivity contribution in [2.75, 3.05) is 5.32 Å². The molecule has 0 saturated carbocycles. The molecule has 8 nitrogen and oxygen atoms in total. The third-order valence-corrected chi connectivity index (χ3v) is 4.46. The summed E-state index contributed by atoms with van der Waals surface area (Å²) in [6.07, 6.45) is 0.376. The van der Waals surface area contributed by atoms with Crippen LogP contribution in [0.25, 0.3) is 28.4 Å². The Morgan fingerprint density at radius 2 is 1.84 bits per heavy atom. The Morgan fingerprint density at radius 1 is 0.935 bits per heavy atom. The highest BCUT2D eigenvalue weighted by Gasteiger charge is 2.32. The molecule has 0 radical (unpaired) electrons. The zero-order valence-corrected chi connectivity index (χ0v) is 15.7. The van der Waals surface area contributed by atoms with Crippen LogP contribution in [-0.4, -0.2) is 34.8 Å². The van der Waals surface area contributed by atoms with E-state index in [0.29, 0.717) is 22.7 Å². The van der Waals surface area contributed by atoms with Crippen LogP contribution in [0.3, 0.4) is 0 Å². The van der Waals surface area contributed by atoms with Gasteiger partial charge in [-0.3, -0.25) is 10.1 Å². The van der Waals surface area contributed by atoms with Crippen LogP contribution in [0.2, 0.25) is 0 Å². The Morgan fingerprint density at radius 3 is 2.65 bits per heavy atom. The molecule has 0 atom stereocenters. The van der Waals surface area contributed by atoms with Crippen LogP contribution >= 0.6 is 0 Å². The van der Waals surface area contributed by atoms with Crippen molar-refractivity contribution in [3.05, 3.63) is 72.8 Å².